The Morgan fingerprint density at radius 1 is 1.14 bits per heavy atom. The highest BCUT2D eigenvalue weighted by Crippen LogP contribution is 2.08. The fraction of sp³-hybridized carbons (Fsp3) is 0.750. The second kappa shape index (κ2) is 6.63. The van der Waals surface area contributed by atoms with Crippen molar-refractivity contribution in [1.29, 1.82) is 0 Å². The average Bonchev–Trinajstić information content (AvgIpc) is 2.58. The summed E-state index contributed by atoms with van der Waals surface area (Å²) in [4.78, 5) is 4.31. The first-order valence-corrected chi connectivity index (χ1v) is 5.79. The molecule has 0 bridgehead atoms. The molecule has 0 atom stereocenters. The Morgan fingerprint density at radius 2 is 1.86 bits per heavy atom. The van der Waals surface area contributed by atoms with Crippen LogP contribution in [-0.2, 0) is 13.5 Å². The quantitative estimate of drug-likeness (QED) is 0.609. The number of unbranched alkanes of at least 4 members (excludes halogenated alkanes) is 5. The third kappa shape index (κ3) is 4.45. The largest absolute Gasteiger partial charge is 0.340 e. The van der Waals surface area contributed by atoms with Crippen LogP contribution >= 0.6 is 0 Å². The molecule has 1 rings (SSSR count). The zero-order valence-electron chi connectivity index (χ0n) is 9.50. The van der Waals surface area contributed by atoms with Gasteiger partial charge < -0.3 is 4.57 Å². The monoisotopic (exact) mass is 194 g/mol. The van der Waals surface area contributed by atoms with Gasteiger partial charge in [-0.3, -0.25) is 0 Å². The maximum atomic E-state index is 4.31. The molecule has 0 amide bonds. The predicted molar refractivity (Wildman–Crippen MR) is 60.3 cm³/mol. The lowest BCUT2D eigenvalue weighted by molar-refractivity contribution is 0.605. The molecule has 0 saturated heterocycles. The zero-order valence-corrected chi connectivity index (χ0v) is 9.50. The highest BCUT2D eigenvalue weighted by Gasteiger charge is 1.96. The molecule has 0 aliphatic rings. The van der Waals surface area contributed by atoms with E-state index in [2.05, 4.69) is 18.1 Å². The van der Waals surface area contributed by atoms with Crippen LogP contribution in [0.25, 0.3) is 0 Å². The minimum absolute atomic E-state index is 1.15. The third-order valence-electron chi connectivity index (χ3n) is 2.54. The van der Waals surface area contributed by atoms with Gasteiger partial charge >= 0.3 is 0 Å². The molecule has 0 spiro atoms. The van der Waals surface area contributed by atoms with Gasteiger partial charge in [0.2, 0.25) is 0 Å². The normalized spacial score (nSPS) is 10.7. The van der Waals surface area contributed by atoms with E-state index in [-0.39, 0.29) is 0 Å². The second-order valence-electron chi connectivity index (χ2n) is 4.05. The highest BCUT2D eigenvalue weighted by molar-refractivity contribution is 4.95. The summed E-state index contributed by atoms with van der Waals surface area (Å²) < 4.78 is 2.02. The van der Waals surface area contributed by atoms with Crippen molar-refractivity contribution in [2.24, 2.45) is 7.05 Å². The van der Waals surface area contributed by atoms with Crippen LogP contribution in [0, 0.1) is 0 Å². The van der Waals surface area contributed by atoms with Gasteiger partial charge in [0, 0.05) is 13.2 Å². The van der Waals surface area contributed by atoms with Gasteiger partial charge in [0.25, 0.3) is 0 Å². The van der Waals surface area contributed by atoms with E-state index in [1.54, 1.807) is 0 Å². The lowest BCUT2D eigenvalue weighted by Crippen LogP contribution is -1.86. The van der Waals surface area contributed by atoms with Crippen molar-refractivity contribution in [2.45, 2.75) is 51.9 Å². The van der Waals surface area contributed by atoms with Crippen LogP contribution < -0.4 is 0 Å². The Bertz CT molecular complexity index is 240. The molecular formula is C12H22N2. The number of hydrogen-bond acceptors (Lipinski definition) is 1. The SMILES string of the molecule is CCCCCCCCc1cn(C)cn1. The van der Waals surface area contributed by atoms with E-state index < -0.39 is 0 Å². The molecule has 1 aromatic rings. The summed E-state index contributed by atoms with van der Waals surface area (Å²) in [5.41, 5.74) is 1.24. The molecule has 1 heterocycles. The summed E-state index contributed by atoms with van der Waals surface area (Å²) in [5, 5.41) is 0. The van der Waals surface area contributed by atoms with Crippen molar-refractivity contribution < 1.29 is 0 Å². The fourth-order valence-electron chi connectivity index (χ4n) is 1.68. The van der Waals surface area contributed by atoms with Crippen LogP contribution in [0.5, 0.6) is 0 Å². The Labute approximate surface area is 87.4 Å². The molecule has 0 saturated carbocycles. The number of aryl methyl sites for hydroxylation is 2. The molecule has 0 N–H and O–H groups in total. The van der Waals surface area contributed by atoms with Gasteiger partial charge in [0.1, 0.15) is 0 Å². The van der Waals surface area contributed by atoms with Crippen LogP contribution in [-0.4, -0.2) is 9.55 Å². The van der Waals surface area contributed by atoms with E-state index in [4.69, 9.17) is 0 Å². The zero-order chi connectivity index (χ0) is 10.2. The number of rotatable bonds is 7. The van der Waals surface area contributed by atoms with E-state index >= 15 is 0 Å². The summed E-state index contributed by atoms with van der Waals surface area (Å²) >= 11 is 0. The lowest BCUT2D eigenvalue weighted by atomic mass is 10.1. The second-order valence-corrected chi connectivity index (χ2v) is 4.05. The number of aromatic nitrogens is 2. The first-order valence-electron chi connectivity index (χ1n) is 5.79. The molecule has 2 nitrogen and oxygen atoms in total. The van der Waals surface area contributed by atoms with Crippen LogP contribution in [0.2, 0.25) is 0 Å². The van der Waals surface area contributed by atoms with Crippen LogP contribution in [0.1, 0.15) is 51.1 Å². The van der Waals surface area contributed by atoms with Crippen molar-refractivity contribution in [3.63, 3.8) is 0 Å². The van der Waals surface area contributed by atoms with E-state index in [9.17, 15) is 0 Å². The molecule has 0 aliphatic carbocycles. The first kappa shape index (κ1) is 11.3. The van der Waals surface area contributed by atoms with E-state index in [0.717, 1.165) is 6.42 Å². The maximum Gasteiger partial charge on any atom is 0.0946 e. The summed E-state index contributed by atoms with van der Waals surface area (Å²) in [5.74, 6) is 0. The molecule has 0 aliphatic heterocycles. The first-order chi connectivity index (χ1) is 6.83. The minimum Gasteiger partial charge on any atom is -0.340 e. The minimum atomic E-state index is 1.15. The Hall–Kier alpha value is -0.790. The van der Waals surface area contributed by atoms with E-state index in [1.165, 1.54) is 44.2 Å². The van der Waals surface area contributed by atoms with Gasteiger partial charge in [0.15, 0.2) is 0 Å². The average molecular weight is 194 g/mol. The van der Waals surface area contributed by atoms with Crippen molar-refractivity contribution >= 4 is 0 Å². The van der Waals surface area contributed by atoms with Gasteiger partial charge in [-0.15, -0.1) is 0 Å². The Balaban J connectivity index is 1.99. The van der Waals surface area contributed by atoms with Crippen molar-refractivity contribution in [1.82, 2.24) is 9.55 Å². The van der Waals surface area contributed by atoms with Crippen LogP contribution in [0.3, 0.4) is 0 Å². The van der Waals surface area contributed by atoms with Crippen LogP contribution in [0.4, 0.5) is 0 Å². The van der Waals surface area contributed by atoms with Gasteiger partial charge in [-0.25, -0.2) is 4.98 Å². The standard InChI is InChI=1S/C12H22N2/c1-3-4-5-6-7-8-9-12-10-14(2)11-13-12/h10-11H,3-9H2,1-2H3. The summed E-state index contributed by atoms with van der Waals surface area (Å²) in [6.07, 6.45) is 13.3. The highest BCUT2D eigenvalue weighted by atomic mass is 15.0. The molecular weight excluding hydrogens is 172 g/mol. The topological polar surface area (TPSA) is 17.8 Å². The predicted octanol–water partition coefficient (Wildman–Crippen LogP) is 3.32. The lowest BCUT2D eigenvalue weighted by Gasteiger charge is -1.98. The summed E-state index contributed by atoms with van der Waals surface area (Å²) in [6, 6.07) is 0. The molecule has 0 radical (unpaired) electrons. The molecule has 0 fully saturated rings. The van der Waals surface area contributed by atoms with Gasteiger partial charge in [-0.05, 0) is 12.8 Å². The third-order valence-corrected chi connectivity index (χ3v) is 2.54. The van der Waals surface area contributed by atoms with Crippen molar-refractivity contribution in [3.8, 4) is 0 Å². The summed E-state index contributed by atoms with van der Waals surface area (Å²) in [7, 11) is 2.03. The molecule has 0 aromatic carbocycles. The fourth-order valence-corrected chi connectivity index (χ4v) is 1.68. The molecule has 0 unspecified atom stereocenters. The van der Waals surface area contributed by atoms with Gasteiger partial charge in [-0.1, -0.05) is 39.0 Å². The van der Waals surface area contributed by atoms with Crippen molar-refractivity contribution in [2.75, 3.05) is 0 Å². The summed E-state index contributed by atoms with van der Waals surface area (Å²) in [6.45, 7) is 2.26. The van der Waals surface area contributed by atoms with Crippen molar-refractivity contribution in [3.05, 3.63) is 18.2 Å². The van der Waals surface area contributed by atoms with Gasteiger partial charge in [0.05, 0.1) is 12.0 Å². The number of hydrogen-bond donors (Lipinski definition) is 0. The molecule has 1 aromatic heterocycles. The molecule has 14 heavy (non-hydrogen) atoms. The van der Waals surface area contributed by atoms with Gasteiger partial charge in [-0.2, -0.15) is 0 Å². The van der Waals surface area contributed by atoms with E-state index in [0.29, 0.717) is 0 Å². The Kier molecular flexibility index (Phi) is 5.35. The van der Waals surface area contributed by atoms with E-state index in [1.807, 2.05) is 17.9 Å². The maximum absolute atomic E-state index is 4.31. The number of nitrogens with zero attached hydrogens (tertiary/aromatic N) is 2. The number of imidazole rings is 1. The smallest absolute Gasteiger partial charge is 0.0946 e. The van der Waals surface area contributed by atoms with Crippen LogP contribution in [0.15, 0.2) is 12.5 Å². The molecule has 80 valence electrons. The Morgan fingerprint density at radius 3 is 2.50 bits per heavy atom. The molecule has 2 heteroatoms.